The lowest BCUT2D eigenvalue weighted by atomic mass is 9.83. The third-order valence-electron chi connectivity index (χ3n) is 4.60. The van der Waals surface area contributed by atoms with Gasteiger partial charge >= 0.3 is 0 Å². The van der Waals surface area contributed by atoms with Gasteiger partial charge in [-0.1, -0.05) is 27.2 Å². The minimum absolute atomic E-state index is 0.0510. The van der Waals surface area contributed by atoms with Crippen molar-refractivity contribution in [1.82, 2.24) is 9.55 Å². The molecule has 0 radical (unpaired) electrons. The number of hydrogen-bond acceptors (Lipinski definition) is 2. The Bertz CT molecular complexity index is 408. The van der Waals surface area contributed by atoms with Gasteiger partial charge in [-0.2, -0.15) is 0 Å². The van der Waals surface area contributed by atoms with Crippen molar-refractivity contribution in [2.45, 2.75) is 77.8 Å². The Kier molecular flexibility index (Phi) is 4.34. The number of imidazole rings is 1. The predicted molar refractivity (Wildman–Crippen MR) is 80.0 cm³/mol. The van der Waals surface area contributed by atoms with Crippen LogP contribution in [0.15, 0.2) is 12.4 Å². The molecule has 19 heavy (non-hydrogen) atoms. The number of nitrogens with zero attached hydrogens (tertiary/aromatic N) is 2. The minimum atomic E-state index is -0.0510. The molecule has 2 N–H and O–H groups in total. The first-order valence-corrected chi connectivity index (χ1v) is 7.73. The molecule has 0 bridgehead atoms. The molecule has 0 amide bonds. The Labute approximate surface area is 117 Å². The van der Waals surface area contributed by atoms with Crippen molar-refractivity contribution < 1.29 is 0 Å². The van der Waals surface area contributed by atoms with Crippen LogP contribution in [0.3, 0.4) is 0 Å². The highest BCUT2D eigenvalue weighted by molar-refractivity contribution is 5.02. The van der Waals surface area contributed by atoms with E-state index >= 15 is 0 Å². The molecule has 0 aromatic carbocycles. The molecule has 0 aliphatic heterocycles. The number of rotatable bonds is 4. The van der Waals surface area contributed by atoms with Gasteiger partial charge in [0, 0.05) is 30.9 Å². The maximum absolute atomic E-state index is 6.68. The highest BCUT2D eigenvalue weighted by atomic mass is 15.1. The monoisotopic (exact) mass is 263 g/mol. The van der Waals surface area contributed by atoms with Gasteiger partial charge < -0.3 is 10.3 Å². The lowest BCUT2D eigenvalue weighted by Gasteiger charge is -2.29. The Morgan fingerprint density at radius 1 is 1.26 bits per heavy atom. The minimum Gasteiger partial charge on any atom is -0.335 e. The molecule has 108 valence electrons. The smallest absolute Gasteiger partial charge is 0.110 e. The third-order valence-corrected chi connectivity index (χ3v) is 4.60. The first-order chi connectivity index (χ1) is 8.94. The number of hydrogen-bond donors (Lipinski definition) is 1. The van der Waals surface area contributed by atoms with Crippen LogP contribution in [0.5, 0.6) is 0 Å². The van der Waals surface area contributed by atoms with Gasteiger partial charge in [-0.05, 0) is 37.5 Å². The van der Waals surface area contributed by atoms with Gasteiger partial charge in [0.25, 0.3) is 0 Å². The van der Waals surface area contributed by atoms with Crippen LogP contribution in [0.2, 0.25) is 0 Å². The molecule has 3 nitrogen and oxygen atoms in total. The molecule has 1 atom stereocenters. The van der Waals surface area contributed by atoms with Crippen molar-refractivity contribution in [2.75, 3.05) is 0 Å². The average molecular weight is 263 g/mol. The zero-order valence-corrected chi connectivity index (χ0v) is 12.8. The second-order valence-electron chi connectivity index (χ2n) is 7.09. The highest BCUT2D eigenvalue weighted by Gasteiger charge is 2.33. The Hall–Kier alpha value is -0.830. The summed E-state index contributed by atoms with van der Waals surface area (Å²) in [5.41, 5.74) is 7.09. The van der Waals surface area contributed by atoms with Crippen LogP contribution < -0.4 is 5.73 Å². The summed E-state index contributed by atoms with van der Waals surface area (Å²) in [5, 5.41) is 0. The zero-order valence-electron chi connectivity index (χ0n) is 12.8. The maximum Gasteiger partial charge on any atom is 0.110 e. The summed E-state index contributed by atoms with van der Waals surface area (Å²) in [4.78, 5) is 4.52. The van der Waals surface area contributed by atoms with Gasteiger partial charge in [0.2, 0.25) is 0 Å². The molecule has 1 aromatic heterocycles. The fraction of sp³-hybridized carbons (Fsp3) is 0.812. The molecule has 0 spiro atoms. The molecule has 1 saturated carbocycles. The molecule has 1 aliphatic rings. The summed E-state index contributed by atoms with van der Waals surface area (Å²) in [6.45, 7) is 8.00. The van der Waals surface area contributed by atoms with E-state index in [0.717, 1.165) is 32.2 Å². The molecule has 1 aliphatic carbocycles. The molecule has 0 saturated heterocycles. The third kappa shape index (κ3) is 3.82. The van der Waals surface area contributed by atoms with Crippen molar-refractivity contribution in [3.63, 3.8) is 0 Å². The van der Waals surface area contributed by atoms with E-state index in [-0.39, 0.29) is 5.54 Å². The lowest BCUT2D eigenvalue weighted by molar-refractivity contribution is 0.294. The zero-order chi connectivity index (χ0) is 13.9. The lowest BCUT2D eigenvalue weighted by Crippen LogP contribution is -2.42. The summed E-state index contributed by atoms with van der Waals surface area (Å²) in [6, 6.07) is 0. The summed E-state index contributed by atoms with van der Waals surface area (Å²) in [6.07, 6.45) is 12.1. The predicted octanol–water partition coefficient (Wildman–Crippen LogP) is 3.52. The van der Waals surface area contributed by atoms with Crippen molar-refractivity contribution >= 4 is 0 Å². The van der Waals surface area contributed by atoms with Gasteiger partial charge in [-0.25, -0.2) is 4.98 Å². The van der Waals surface area contributed by atoms with E-state index in [1.165, 1.54) is 25.1 Å². The summed E-state index contributed by atoms with van der Waals surface area (Å²) in [5.74, 6) is 1.17. The topological polar surface area (TPSA) is 43.8 Å². The van der Waals surface area contributed by atoms with Gasteiger partial charge in [0.15, 0.2) is 0 Å². The molecule has 3 heteroatoms. The van der Waals surface area contributed by atoms with Crippen LogP contribution in [-0.4, -0.2) is 15.1 Å². The van der Waals surface area contributed by atoms with Gasteiger partial charge in [0.1, 0.15) is 5.82 Å². The van der Waals surface area contributed by atoms with Crippen molar-refractivity contribution in [3.05, 3.63) is 18.2 Å². The van der Waals surface area contributed by atoms with Crippen LogP contribution in [0.4, 0.5) is 0 Å². The second kappa shape index (κ2) is 5.66. The van der Waals surface area contributed by atoms with Crippen molar-refractivity contribution in [1.29, 1.82) is 0 Å². The van der Waals surface area contributed by atoms with E-state index in [2.05, 4.69) is 36.5 Å². The quantitative estimate of drug-likeness (QED) is 0.845. The summed E-state index contributed by atoms with van der Waals surface area (Å²) in [7, 11) is 0. The number of aromatic nitrogens is 2. The Balaban J connectivity index is 2.06. The standard InChI is InChI=1S/C16H29N3/c1-4-11-19-12-10-18-14(19)13-16(17)7-5-6-15(2,3)8-9-16/h10,12H,4-9,11,13,17H2,1-3H3. The van der Waals surface area contributed by atoms with E-state index in [0.29, 0.717) is 5.41 Å². The first-order valence-electron chi connectivity index (χ1n) is 7.73. The van der Waals surface area contributed by atoms with E-state index in [1.807, 2.05) is 6.20 Å². The van der Waals surface area contributed by atoms with Gasteiger partial charge in [-0.3, -0.25) is 0 Å². The first kappa shape index (κ1) is 14.6. The van der Waals surface area contributed by atoms with E-state index < -0.39 is 0 Å². The van der Waals surface area contributed by atoms with Crippen LogP contribution in [0.25, 0.3) is 0 Å². The molecule has 1 fully saturated rings. The van der Waals surface area contributed by atoms with Crippen molar-refractivity contribution in [2.24, 2.45) is 11.1 Å². The largest absolute Gasteiger partial charge is 0.335 e. The normalized spacial score (nSPS) is 27.2. The molecule has 1 aromatic rings. The van der Waals surface area contributed by atoms with E-state index in [4.69, 9.17) is 5.73 Å². The number of aryl methyl sites for hydroxylation is 1. The molecular formula is C16H29N3. The Morgan fingerprint density at radius 2 is 2.05 bits per heavy atom. The van der Waals surface area contributed by atoms with Crippen LogP contribution in [0.1, 0.15) is 65.1 Å². The molecule has 1 heterocycles. The fourth-order valence-corrected chi connectivity index (χ4v) is 3.20. The average Bonchev–Trinajstić information content (AvgIpc) is 2.69. The van der Waals surface area contributed by atoms with Crippen LogP contribution in [-0.2, 0) is 13.0 Å². The van der Waals surface area contributed by atoms with E-state index in [9.17, 15) is 0 Å². The Morgan fingerprint density at radius 3 is 2.79 bits per heavy atom. The van der Waals surface area contributed by atoms with Crippen molar-refractivity contribution in [3.8, 4) is 0 Å². The second-order valence-corrected chi connectivity index (χ2v) is 7.09. The summed E-state index contributed by atoms with van der Waals surface area (Å²) >= 11 is 0. The molecule has 2 rings (SSSR count). The van der Waals surface area contributed by atoms with Crippen LogP contribution >= 0.6 is 0 Å². The number of nitrogens with two attached hydrogens (primary N) is 1. The molecular weight excluding hydrogens is 234 g/mol. The molecule has 1 unspecified atom stereocenters. The fourth-order valence-electron chi connectivity index (χ4n) is 3.20. The maximum atomic E-state index is 6.68. The summed E-state index contributed by atoms with van der Waals surface area (Å²) < 4.78 is 2.27. The highest BCUT2D eigenvalue weighted by Crippen LogP contribution is 2.38. The van der Waals surface area contributed by atoms with Gasteiger partial charge in [0.05, 0.1) is 0 Å². The van der Waals surface area contributed by atoms with Crippen LogP contribution in [0, 0.1) is 5.41 Å². The SMILES string of the molecule is CCCn1ccnc1CC1(N)CCCC(C)(C)CC1. The van der Waals surface area contributed by atoms with Gasteiger partial charge in [-0.15, -0.1) is 0 Å². The van der Waals surface area contributed by atoms with E-state index in [1.54, 1.807) is 0 Å².